The van der Waals surface area contributed by atoms with E-state index in [4.69, 9.17) is 21.1 Å². The molecule has 2 aromatic rings. The Morgan fingerprint density at radius 3 is 2.56 bits per heavy atom. The zero-order chi connectivity index (χ0) is 37.8. The van der Waals surface area contributed by atoms with Crippen LogP contribution in [0, 0.1) is 17.8 Å². The third kappa shape index (κ3) is 9.55. The normalized spacial score (nSPS) is 23.7. The maximum Gasteiger partial charge on any atom is 0.338 e. The number of aliphatic hydroxyl groups excluding tert-OH is 1. The minimum absolute atomic E-state index is 0.00310. The Morgan fingerprint density at radius 2 is 1.92 bits per heavy atom. The van der Waals surface area contributed by atoms with Gasteiger partial charge >= 0.3 is 5.97 Å². The van der Waals surface area contributed by atoms with Crippen LogP contribution in [0.5, 0.6) is 5.75 Å². The van der Waals surface area contributed by atoms with E-state index in [2.05, 4.69) is 30.0 Å². The van der Waals surface area contributed by atoms with Crippen molar-refractivity contribution in [3.63, 3.8) is 0 Å². The molecule has 12 heteroatoms. The molecule has 0 saturated heterocycles. The van der Waals surface area contributed by atoms with E-state index < -0.39 is 21.7 Å². The lowest BCUT2D eigenvalue weighted by Gasteiger charge is -2.46. The van der Waals surface area contributed by atoms with Crippen LogP contribution in [0.1, 0.15) is 101 Å². The molecule has 0 radical (unpaired) electrons. The summed E-state index contributed by atoms with van der Waals surface area (Å²) in [7, 11) is -2.84. The molecule has 0 amide bonds. The van der Waals surface area contributed by atoms with Crippen molar-refractivity contribution in [2.24, 2.45) is 17.8 Å². The molecule has 8 nitrogen and oxygen atoms in total. The molecule has 2 aromatic carbocycles. The summed E-state index contributed by atoms with van der Waals surface area (Å²) in [6, 6.07) is 11.9. The van der Waals surface area contributed by atoms with Gasteiger partial charge in [0.25, 0.3) is 0 Å². The van der Waals surface area contributed by atoms with E-state index in [1.807, 2.05) is 59.2 Å². The molecule has 2 aliphatic carbocycles. The molecule has 52 heavy (non-hydrogen) atoms. The van der Waals surface area contributed by atoms with E-state index in [1.165, 1.54) is 11.1 Å². The number of esters is 1. The van der Waals surface area contributed by atoms with Gasteiger partial charge in [-0.25, -0.2) is 13.2 Å². The maximum atomic E-state index is 13.3. The number of ether oxygens (including phenoxy) is 2. The zero-order valence-corrected chi connectivity index (χ0v) is 35.6. The van der Waals surface area contributed by atoms with Gasteiger partial charge in [0.15, 0.2) is 0 Å². The fourth-order valence-electron chi connectivity index (χ4n) is 8.28. The predicted octanol–water partition coefficient (Wildman–Crippen LogP) is 8.99. The topological polar surface area (TPSA) is 96.4 Å². The first-order valence-electron chi connectivity index (χ1n) is 18.9. The fraction of sp³-hybridized carbons (Fsp3) is 0.625. The van der Waals surface area contributed by atoms with Crippen molar-refractivity contribution in [1.29, 1.82) is 0 Å². The second-order valence-electron chi connectivity index (χ2n) is 15.9. The van der Waals surface area contributed by atoms with E-state index in [9.17, 15) is 18.3 Å². The molecule has 1 N–H and O–H groups in total. The number of hydrogen-bond acceptors (Lipinski definition) is 7. The lowest BCUT2D eigenvalue weighted by molar-refractivity contribution is 0.00694. The van der Waals surface area contributed by atoms with Crippen molar-refractivity contribution in [3.05, 3.63) is 69.8 Å². The van der Waals surface area contributed by atoms with Crippen molar-refractivity contribution in [2.45, 2.75) is 103 Å². The van der Waals surface area contributed by atoms with Crippen LogP contribution in [0.25, 0.3) is 0 Å². The first-order valence-corrected chi connectivity index (χ1v) is 23.8. The minimum atomic E-state index is -3.31. The molecule has 7 atom stereocenters. The largest absolute Gasteiger partial charge is 0.490 e. The van der Waals surface area contributed by atoms with Crippen molar-refractivity contribution in [1.82, 2.24) is 3.85 Å². The number of nitrogens with zero attached hydrogens (tertiary/aromatic N) is 2. The van der Waals surface area contributed by atoms with Gasteiger partial charge in [0.05, 0.1) is 29.7 Å². The quantitative estimate of drug-likeness (QED) is 0.116. The smallest absolute Gasteiger partial charge is 0.338 e. The number of fused-ring (bicyclic) bond motifs is 3. The van der Waals surface area contributed by atoms with Gasteiger partial charge in [-0.15, -0.1) is 0 Å². The summed E-state index contributed by atoms with van der Waals surface area (Å²) in [5.41, 5.74) is 4.06. The van der Waals surface area contributed by atoms with Gasteiger partial charge in [-0.1, -0.05) is 44.0 Å². The summed E-state index contributed by atoms with van der Waals surface area (Å²) in [5, 5.41) is 12.6. The number of allylic oxidation sites excluding steroid dienone is 1. The molecule has 1 spiro atoms. The Kier molecular flexibility index (Phi) is 13.8. The number of aliphatic hydroxyl groups is 1. The monoisotopic (exact) mass is 792 g/mol. The highest BCUT2D eigenvalue weighted by atomic mass is 35.5. The first kappa shape index (κ1) is 41.4. The second kappa shape index (κ2) is 17.4. The van der Waals surface area contributed by atoms with Crippen LogP contribution in [0.3, 0.4) is 0 Å². The molecule has 288 valence electrons. The lowest BCUT2D eigenvalue weighted by Crippen LogP contribution is -2.49. The van der Waals surface area contributed by atoms with Crippen molar-refractivity contribution in [3.8, 4) is 5.75 Å². The number of carbonyl (C=O) groups excluding carboxylic acids is 1. The summed E-state index contributed by atoms with van der Waals surface area (Å²) < 4.78 is 40.1. The number of anilines is 1. The number of sulfonamides is 1. The third-order valence-corrected chi connectivity index (χ3v) is 17.8. The van der Waals surface area contributed by atoms with Crippen LogP contribution in [-0.4, -0.2) is 73.8 Å². The molecule has 1 heterocycles. The van der Waals surface area contributed by atoms with Gasteiger partial charge in [-0.3, -0.25) is 0 Å². The van der Waals surface area contributed by atoms with Crippen LogP contribution in [0.4, 0.5) is 5.69 Å². The van der Waals surface area contributed by atoms with E-state index in [-0.39, 0.29) is 52.4 Å². The number of carbonyl (C=O) groups is 1. The Hall–Kier alpha value is -1.73. The van der Waals surface area contributed by atoms with Gasteiger partial charge in [-0.2, -0.15) is 3.85 Å². The minimum Gasteiger partial charge on any atom is -0.490 e. The zero-order valence-electron chi connectivity index (χ0n) is 32.0. The molecular formula is C40H59ClN2O6P2S. The molecule has 5 rings (SSSR count). The van der Waals surface area contributed by atoms with Gasteiger partial charge in [0, 0.05) is 23.5 Å². The van der Waals surface area contributed by atoms with Crippen molar-refractivity contribution < 1.29 is 27.8 Å². The second-order valence-corrected chi connectivity index (χ2v) is 21.1. The van der Waals surface area contributed by atoms with Crippen LogP contribution in [-0.2, 0) is 26.6 Å². The third-order valence-electron chi connectivity index (χ3n) is 11.2. The van der Waals surface area contributed by atoms with Crippen LogP contribution < -0.4 is 9.64 Å². The Balaban J connectivity index is 1.41. The maximum absolute atomic E-state index is 13.3. The molecule has 1 fully saturated rings. The summed E-state index contributed by atoms with van der Waals surface area (Å²) in [6.45, 7) is 15.5. The molecule has 3 aliphatic rings. The highest BCUT2D eigenvalue weighted by Crippen LogP contribution is 2.47. The van der Waals surface area contributed by atoms with E-state index in [1.54, 1.807) is 9.91 Å². The average Bonchev–Trinajstić information content (AvgIpc) is 3.22. The van der Waals surface area contributed by atoms with Crippen LogP contribution in [0.15, 0.2) is 48.0 Å². The van der Waals surface area contributed by atoms with Crippen molar-refractivity contribution >= 4 is 50.7 Å². The molecule has 0 bridgehead atoms. The number of rotatable bonds is 14. The number of benzene rings is 2. The fourth-order valence-corrected chi connectivity index (χ4v) is 13.2. The molecular weight excluding hydrogens is 734 g/mol. The lowest BCUT2D eigenvalue weighted by atomic mass is 9.67. The summed E-state index contributed by atoms with van der Waals surface area (Å²) in [4.78, 5) is 15.7. The average molecular weight is 793 g/mol. The summed E-state index contributed by atoms with van der Waals surface area (Å²) >= 11 is 6.47. The molecule has 1 aliphatic heterocycles. The highest BCUT2D eigenvalue weighted by molar-refractivity contribution is 7.97. The highest BCUT2D eigenvalue weighted by Gasteiger charge is 2.44. The Bertz CT molecular complexity index is 1710. The number of halogens is 1. The Morgan fingerprint density at radius 1 is 1.17 bits per heavy atom. The SMILES string of the molecule is CC/C(=C\C[C@H](CC)CS(=O)(=O)N(PC)PC)[C@H](O)[C@@H]1CC[C@H]1CN1C[C@@]2(CCCc3cc(Cl)ccc32)COc2ccc(C(=O)OC(C)(C)C)cc21. The molecule has 1 saturated carbocycles. The van der Waals surface area contributed by atoms with E-state index in [0.29, 0.717) is 25.0 Å². The van der Waals surface area contributed by atoms with E-state index in [0.717, 1.165) is 73.6 Å². The van der Waals surface area contributed by atoms with Crippen molar-refractivity contribution in [2.75, 3.05) is 43.7 Å². The standard InChI is InChI=1S/C40H59ClN2O6P2S/c1-8-27(24-52(46,47)43(50-6)51-7)12-13-28(9-2)37(44)33-17-14-31(33)23-42-25-40(20-10-11-29-21-32(41)16-18-34(29)40)26-48-36-19-15-30(22-35(36)42)38(45)49-39(3,4)5/h13,15-16,18-19,21-22,27,31,33,37,44,50-51H,8-12,14,17,20,23-26H2,1-7H3/b28-13+/t27-,31-,33+,37-,40-/m0/s1. The molecule has 0 aromatic heterocycles. The van der Waals surface area contributed by atoms with Gasteiger partial charge in [0.2, 0.25) is 10.0 Å². The van der Waals surface area contributed by atoms with Gasteiger partial charge in [-0.05, 0) is 161 Å². The van der Waals surface area contributed by atoms with E-state index >= 15 is 0 Å². The number of hydrogen-bond donors (Lipinski definition) is 1. The molecule has 2 unspecified atom stereocenters. The van der Waals surface area contributed by atoms with Gasteiger partial charge < -0.3 is 19.5 Å². The summed E-state index contributed by atoms with van der Waals surface area (Å²) in [6.07, 6.45) is 8.58. The number of aryl methyl sites for hydroxylation is 1. The summed E-state index contributed by atoms with van der Waals surface area (Å²) in [5.74, 6) is 0.851. The van der Waals surface area contributed by atoms with Crippen LogP contribution >= 0.6 is 29.1 Å². The Labute approximate surface area is 321 Å². The van der Waals surface area contributed by atoms with Crippen LogP contribution in [0.2, 0.25) is 5.02 Å². The van der Waals surface area contributed by atoms with Gasteiger partial charge in [0.1, 0.15) is 11.4 Å². The first-order chi connectivity index (χ1) is 24.6. The predicted molar refractivity (Wildman–Crippen MR) is 218 cm³/mol.